The SMILES string of the molecule is CCC1C(=O)NC(=O)CN1C(=O)CC(CN)CC(C)C. The highest BCUT2D eigenvalue weighted by Crippen LogP contribution is 2.18. The second-order valence-electron chi connectivity index (χ2n) is 5.79. The highest BCUT2D eigenvalue weighted by atomic mass is 16.2. The maximum Gasteiger partial charge on any atom is 0.249 e. The molecule has 2 atom stereocenters. The van der Waals surface area contributed by atoms with Crippen LogP contribution in [0.4, 0.5) is 0 Å². The van der Waals surface area contributed by atoms with Crippen molar-refractivity contribution in [3.63, 3.8) is 0 Å². The summed E-state index contributed by atoms with van der Waals surface area (Å²) < 4.78 is 0. The van der Waals surface area contributed by atoms with Crippen LogP contribution in [0.3, 0.4) is 0 Å². The molecule has 0 aromatic rings. The van der Waals surface area contributed by atoms with E-state index in [1.807, 2.05) is 6.92 Å². The number of imide groups is 1. The molecule has 1 saturated heterocycles. The van der Waals surface area contributed by atoms with Crippen LogP contribution in [-0.4, -0.2) is 41.8 Å². The molecule has 2 unspecified atom stereocenters. The molecule has 0 spiro atoms. The number of amides is 3. The first-order valence-electron chi connectivity index (χ1n) is 7.22. The second kappa shape index (κ2) is 7.38. The van der Waals surface area contributed by atoms with Crippen LogP contribution < -0.4 is 11.1 Å². The molecule has 0 aliphatic carbocycles. The Kier molecular flexibility index (Phi) is 6.13. The molecule has 20 heavy (non-hydrogen) atoms. The van der Waals surface area contributed by atoms with Gasteiger partial charge in [0.1, 0.15) is 12.6 Å². The monoisotopic (exact) mass is 283 g/mol. The van der Waals surface area contributed by atoms with Gasteiger partial charge in [-0.25, -0.2) is 0 Å². The Balaban J connectivity index is 2.72. The zero-order valence-corrected chi connectivity index (χ0v) is 12.5. The van der Waals surface area contributed by atoms with Crippen LogP contribution in [0, 0.1) is 11.8 Å². The van der Waals surface area contributed by atoms with E-state index in [1.54, 1.807) is 0 Å². The zero-order valence-electron chi connectivity index (χ0n) is 12.5. The minimum absolute atomic E-state index is 0.0396. The first-order valence-corrected chi connectivity index (χ1v) is 7.22. The number of hydrogen-bond donors (Lipinski definition) is 2. The molecule has 1 aliphatic rings. The Morgan fingerprint density at radius 2 is 2.10 bits per heavy atom. The van der Waals surface area contributed by atoms with Crippen LogP contribution in [0.2, 0.25) is 0 Å². The van der Waals surface area contributed by atoms with Crippen molar-refractivity contribution in [1.82, 2.24) is 10.2 Å². The first kappa shape index (κ1) is 16.6. The number of carbonyl (C=O) groups excluding carboxylic acids is 3. The maximum atomic E-state index is 12.3. The van der Waals surface area contributed by atoms with E-state index in [-0.39, 0.29) is 24.3 Å². The normalized spacial score (nSPS) is 21.1. The van der Waals surface area contributed by atoms with Crippen LogP contribution in [0.15, 0.2) is 0 Å². The number of nitrogens with one attached hydrogen (secondary N) is 1. The Bertz CT molecular complexity index is 382. The molecule has 114 valence electrons. The van der Waals surface area contributed by atoms with E-state index in [1.165, 1.54) is 4.90 Å². The van der Waals surface area contributed by atoms with Crippen molar-refractivity contribution in [3.8, 4) is 0 Å². The van der Waals surface area contributed by atoms with Gasteiger partial charge in [-0.15, -0.1) is 0 Å². The van der Waals surface area contributed by atoms with E-state index < -0.39 is 11.9 Å². The molecule has 1 aliphatic heterocycles. The Morgan fingerprint density at radius 1 is 1.45 bits per heavy atom. The molecule has 0 radical (unpaired) electrons. The van der Waals surface area contributed by atoms with Crippen LogP contribution in [0.5, 0.6) is 0 Å². The molecular formula is C14H25N3O3. The van der Waals surface area contributed by atoms with Crippen molar-refractivity contribution in [2.45, 2.75) is 46.1 Å². The molecule has 6 heteroatoms. The molecular weight excluding hydrogens is 258 g/mol. The Labute approximate surface area is 120 Å². The minimum atomic E-state index is -0.544. The van der Waals surface area contributed by atoms with Gasteiger partial charge in [-0.05, 0) is 31.2 Å². The van der Waals surface area contributed by atoms with Gasteiger partial charge in [0.05, 0.1) is 0 Å². The number of hydrogen-bond acceptors (Lipinski definition) is 4. The largest absolute Gasteiger partial charge is 0.330 e. The smallest absolute Gasteiger partial charge is 0.249 e. The summed E-state index contributed by atoms with van der Waals surface area (Å²) in [5, 5.41) is 2.27. The van der Waals surface area contributed by atoms with Crippen molar-refractivity contribution >= 4 is 17.7 Å². The highest BCUT2D eigenvalue weighted by molar-refractivity contribution is 6.04. The molecule has 1 fully saturated rings. The van der Waals surface area contributed by atoms with Crippen LogP contribution in [0.25, 0.3) is 0 Å². The van der Waals surface area contributed by atoms with Crippen molar-refractivity contribution in [1.29, 1.82) is 0 Å². The van der Waals surface area contributed by atoms with E-state index in [0.29, 0.717) is 25.3 Å². The van der Waals surface area contributed by atoms with Gasteiger partial charge in [-0.3, -0.25) is 19.7 Å². The Morgan fingerprint density at radius 3 is 2.60 bits per heavy atom. The lowest BCUT2D eigenvalue weighted by Crippen LogP contribution is -2.59. The van der Waals surface area contributed by atoms with Crippen molar-refractivity contribution in [3.05, 3.63) is 0 Å². The molecule has 0 saturated carbocycles. The number of nitrogens with zero attached hydrogens (tertiary/aromatic N) is 1. The predicted molar refractivity (Wildman–Crippen MR) is 75.6 cm³/mol. The van der Waals surface area contributed by atoms with Crippen LogP contribution in [-0.2, 0) is 14.4 Å². The fraction of sp³-hybridized carbons (Fsp3) is 0.786. The fourth-order valence-electron chi connectivity index (χ4n) is 2.63. The summed E-state index contributed by atoms with van der Waals surface area (Å²) in [5.41, 5.74) is 5.70. The quantitative estimate of drug-likeness (QED) is 0.684. The molecule has 1 rings (SSSR count). The van der Waals surface area contributed by atoms with Crippen LogP contribution >= 0.6 is 0 Å². The van der Waals surface area contributed by atoms with Crippen molar-refractivity contribution in [2.75, 3.05) is 13.1 Å². The van der Waals surface area contributed by atoms with Crippen molar-refractivity contribution in [2.24, 2.45) is 17.6 Å². The molecule has 3 N–H and O–H groups in total. The van der Waals surface area contributed by atoms with Crippen LogP contribution in [0.1, 0.15) is 40.0 Å². The average molecular weight is 283 g/mol. The first-order chi connectivity index (χ1) is 9.38. The van der Waals surface area contributed by atoms with Gasteiger partial charge in [-0.2, -0.15) is 0 Å². The van der Waals surface area contributed by atoms with Gasteiger partial charge in [0.15, 0.2) is 0 Å². The predicted octanol–water partition coefficient (Wildman–Crippen LogP) is 0.261. The van der Waals surface area contributed by atoms with Gasteiger partial charge >= 0.3 is 0 Å². The number of rotatable bonds is 6. The van der Waals surface area contributed by atoms with Crippen molar-refractivity contribution < 1.29 is 14.4 Å². The number of carbonyl (C=O) groups is 3. The summed E-state index contributed by atoms with van der Waals surface area (Å²) in [5.74, 6) is -0.396. The summed E-state index contributed by atoms with van der Waals surface area (Å²) in [4.78, 5) is 36.9. The molecule has 3 amide bonds. The number of nitrogens with two attached hydrogens (primary N) is 1. The van der Waals surface area contributed by atoms with Gasteiger partial charge in [0.2, 0.25) is 17.7 Å². The third-order valence-electron chi connectivity index (χ3n) is 3.56. The molecule has 6 nitrogen and oxygen atoms in total. The van der Waals surface area contributed by atoms with E-state index >= 15 is 0 Å². The van der Waals surface area contributed by atoms with Gasteiger partial charge in [0.25, 0.3) is 0 Å². The van der Waals surface area contributed by atoms with Gasteiger partial charge < -0.3 is 10.6 Å². The van der Waals surface area contributed by atoms with E-state index in [9.17, 15) is 14.4 Å². The lowest BCUT2D eigenvalue weighted by Gasteiger charge is -2.34. The molecule has 0 bridgehead atoms. The van der Waals surface area contributed by atoms with E-state index in [4.69, 9.17) is 5.73 Å². The van der Waals surface area contributed by atoms with Gasteiger partial charge in [0, 0.05) is 6.42 Å². The maximum absolute atomic E-state index is 12.3. The summed E-state index contributed by atoms with van der Waals surface area (Å²) in [7, 11) is 0. The summed E-state index contributed by atoms with van der Waals surface area (Å²) >= 11 is 0. The summed E-state index contributed by atoms with van der Waals surface area (Å²) in [6.45, 7) is 6.39. The highest BCUT2D eigenvalue weighted by Gasteiger charge is 2.35. The number of piperazine rings is 1. The van der Waals surface area contributed by atoms with Gasteiger partial charge in [-0.1, -0.05) is 20.8 Å². The minimum Gasteiger partial charge on any atom is -0.330 e. The summed E-state index contributed by atoms with van der Waals surface area (Å²) in [6, 6.07) is -0.544. The molecule has 0 aromatic carbocycles. The second-order valence-corrected chi connectivity index (χ2v) is 5.79. The third-order valence-corrected chi connectivity index (χ3v) is 3.56. The topological polar surface area (TPSA) is 92.5 Å². The zero-order chi connectivity index (χ0) is 15.3. The Hall–Kier alpha value is -1.43. The summed E-state index contributed by atoms with van der Waals surface area (Å²) in [6.07, 6.45) is 1.67. The third kappa shape index (κ3) is 4.30. The average Bonchev–Trinajstić information content (AvgIpc) is 2.36. The standard InChI is InChI=1S/C14H25N3O3/c1-4-11-14(20)16-12(18)8-17(11)13(19)6-10(7-15)5-9(2)3/h9-11H,4-8,15H2,1-3H3,(H,16,18,20). The van der Waals surface area contributed by atoms with E-state index in [0.717, 1.165) is 6.42 Å². The lowest BCUT2D eigenvalue weighted by molar-refractivity contribution is -0.150. The molecule has 0 aromatic heterocycles. The fourth-order valence-corrected chi connectivity index (χ4v) is 2.63. The lowest BCUT2D eigenvalue weighted by atomic mass is 9.93. The van der Waals surface area contributed by atoms with E-state index in [2.05, 4.69) is 19.2 Å². The molecule has 1 heterocycles.